The molecule has 0 bridgehead atoms. The smallest absolute Gasteiger partial charge is 0.129 e. The normalized spacial score (nSPS) is 12.4. The van der Waals surface area contributed by atoms with E-state index in [-0.39, 0.29) is 10.6 Å². The Labute approximate surface area is 133 Å². The average Bonchev–Trinajstić information content (AvgIpc) is 2.46. The van der Waals surface area contributed by atoms with Crippen LogP contribution in [0.4, 0.5) is 4.39 Å². The van der Waals surface area contributed by atoms with Gasteiger partial charge in [-0.05, 0) is 41.7 Å². The van der Waals surface area contributed by atoms with Gasteiger partial charge in [0.25, 0.3) is 0 Å². The Kier molecular flexibility index (Phi) is 5.22. The summed E-state index contributed by atoms with van der Waals surface area (Å²) in [7, 11) is 0. The number of hydrogen-bond donors (Lipinski definition) is 0. The lowest BCUT2D eigenvalue weighted by atomic mass is 9.95. The molecule has 0 amide bonds. The lowest BCUT2D eigenvalue weighted by Gasteiger charge is -2.17. The van der Waals surface area contributed by atoms with Crippen molar-refractivity contribution in [3.05, 3.63) is 69.5 Å². The molecule has 0 saturated heterocycles. The Morgan fingerprint density at radius 3 is 2.40 bits per heavy atom. The molecule has 106 valence electrons. The van der Waals surface area contributed by atoms with Crippen LogP contribution in [0.15, 0.2) is 36.4 Å². The van der Waals surface area contributed by atoms with Gasteiger partial charge in [0, 0.05) is 10.6 Å². The first-order valence-electron chi connectivity index (χ1n) is 6.77. The van der Waals surface area contributed by atoms with Crippen molar-refractivity contribution in [1.29, 1.82) is 0 Å². The number of rotatable bonds is 4. The van der Waals surface area contributed by atoms with E-state index < -0.39 is 0 Å². The molecule has 0 radical (unpaired) electrons. The van der Waals surface area contributed by atoms with E-state index in [9.17, 15) is 4.39 Å². The number of alkyl halides is 1. The van der Waals surface area contributed by atoms with E-state index in [1.807, 2.05) is 0 Å². The van der Waals surface area contributed by atoms with Crippen LogP contribution < -0.4 is 0 Å². The predicted molar refractivity (Wildman–Crippen MR) is 87.4 cm³/mol. The number of hydrogen-bond acceptors (Lipinski definition) is 0. The highest BCUT2D eigenvalue weighted by Crippen LogP contribution is 2.36. The molecule has 0 N–H and O–H groups in total. The summed E-state index contributed by atoms with van der Waals surface area (Å²) in [5.41, 5.74) is 4.25. The molecule has 0 aliphatic heterocycles. The van der Waals surface area contributed by atoms with E-state index in [1.54, 1.807) is 12.1 Å². The van der Waals surface area contributed by atoms with Crippen LogP contribution in [0.5, 0.6) is 0 Å². The summed E-state index contributed by atoms with van der Waals surface area (Å²) >= 11 is 9.46. The van der Waals surface area contributed by atoms with Crippen LogP contribution in [0.3, 0.4) is 0 Å². The Bertz CT molecular complexity index is 610. The van der Waals surface area contributed by atoms with Gasteiger partial charge in [-0.25, -0.2) is 4.39 Å². The minimum atomic E-state index is -0.275. The van der Waals surface area contributed by atoms with Gasteiger partial charge in [-0.2, -0.15) is 0 Å². The predicted octanol–water partition coefficient (Wildman–Crippen LogP) is 6.09. The van der Waals surface area contributed by atoms with Crippen LogP contribution in [0, 0.1) is 5.82 Å². The molecule has 3 heteroatoms. The van der Waals surface area contributed by atoms with Gasteiger partial charge in [-0.1, -0.05) is 65.6 Å². The lowest BCUT2D eigenvalue weighted by Crippen LogP contribution is -2.02. The van der Waals surface area contributed by atoms with Gasteiger partial charge in [0.2, 0.25) is 0 Å². The molecule has 20 heavy (non-hydrogen) atoms. The minimum Gasteiger partial charge on any atom is -0.207 e. The first-order chi connectivity index (χ1) is 9.56. The van der Waals surface area contributed by atoms with Crippen LogP contribution in [0.1, 0.15) is 40.9 Å². The summed E-state index contributed by atoms with van der Waals surface area (Å²) < 4.78 is 14.1. The van der Waals surface area contributed by atoms with Gasteiger partial charge >= 0.3 is 0 Å². The van der Waals surface area contributed by atoms with E-state index >= 15 is 0 Å². The summed E-state index contributed by atoms with van der Waals surface area (Å²) in [6, 6.07) is 11.3. The fourth-order valence-corrected chi connectivity index (χ4v) is 3.25. The van der Waals surface area contributed by atoms with Gasteiger partial charge in [0.05, 0.1) is 4.83 Å². The Morgan fingerprint density at radius 2 is 1.80 bits per heavy atom. The van der Waals surface area contributed by atoms with Gasteiger partial charge < -0.3 is 0 Å². The van der Waals surface area contributed by atoms with Gasteiger partial charge in [-0.15, -0.1) is 0 Å². The SMILES string of the molecule is CCc1ccc(CC)c(C(Br)c2ccc(Cl)cc2F)c1. The molecule has 0 aliphatic carbocycles. The second-order valence-electron chi connectivity index (χ2n) is 4.77. The third-order valence-corrected chi connectivity index (χ3v) is 4.73. The summed E-state index contributed by atoms with van der Waals surface area (Å²) in [4.78, 5) is -0.152. The largest absolute Gasteiger partial charge is 0.207 e. The number of aryl methyl sites for hydroxylation is 2. The third-order valence-electron chi connectivity index (χ3n) is 3.51. The van der Waals surface area contributed by atoms with Crippen molar-refractivity contribution in [2.24, 2.45) is 0 Å². The second-order valence-corrected chi connectivity index (χ2v) is 6.12. The Morgan fingerprint density at radius 1 is 1.05 bits per heavy atom. The van der Waals surface area contributed by atoms with Crippen molar-refractivity contribution in [3.63, 3.8) is 0 Å². The highest BCUT2D eigenvalue weighted by molar-refractivity contribution is 9.09. The maximum absolute atomic E-state index is 14.1. The summed E-state index contributed by atoms with van der Waals surface area (Å²) in [5, 5.41) is 0.420. The second kappa shape index (κ2) is 6.73. The fraction of sp³-hybridized carbons (Fsp3) is 0.294. The lowest BCUT2D eigenvalue weighted by molar-refractivity contribution is 0.613. The van der Waals surface area contributed by atoms with E-state index in [0.29, 0.717) is 10.6 Å². The first-order valence-corrected chi connectivity index (χ1v) is 8.06. The van der Waals surface area contributed by atoms with E-state index in [0.717, 1.165) is 18.4 Å². The summed E-state index contributed by atoms with van der Waals surface area (Å²) in [6.07, 6.45) is 1.90. The standard InChI is InChI=1S/C17H17BrClF/c1-3-11-5-6-12(4-2)15(9-11)17(18)14-8-7-13(19)10-16(14)20/h5-10,17H,3-4H2,1-2H3. The van der Waals surface area contributed by atoms with Gasteiger partial charge in [-0.3, -0.25) is 0 Å². The molecule has 0 spiro atoms. The van der Waals surface area contributed by atoms with Crippen molar-refractivity contribution in [2.75, 3.05) is 0 Å². The monoisotopic (exact) mass is 354 g/mol. The maximum atomic E-state index is 14.1. The van der Waals surface area contributed by atoms with Crippen molar-refractivity contribution in [1.82, 2.24) is 0 Å². The fourth-order valence-electron chi connectivity index (χ4n) is 2.30. The quantitative estimate of drug-likeness (QED) is 0.582. The highest BCUT2D eigenvalue weighted by Gasteiger charge is 2.18. The van der Waals surface area contributed by atoms with Crippen LogP contribution >= 0.6 is 27.5 Å². The molecule has 0 heterocycles. The zero-order valence-corrected chi connectivity index (χ0v) is 13.9. The van der Waals surface area contributed by atoms with Crippen molar-refractivity contribution >= 4 is 27.5 Å². The third kappa shape index (κ3) is 3.24. The molecule has 0 saturated carbocycles. The zero-order chi connectivity index (χ0) is 14.7. The first kappa shape index (κ1) is 15.5. The molecule has 2 aromatic carbocycles. The van der Waals surface area contributed by atoms with E-state index in [1.165, 1.54) is 17.2 Å². The topological polar surface area (TPSA) is 0 Å². The van der Waals surface area contributed by atoms with Crippen LogP contribution in [0.25, 0.3) is 0 Å². The van der Waals surface area contributed by atoms with Crippen LogP contribution in [-0.2, 0) is 12.8 Å². The van der Waals surface area contributed by atoms with Gasteiger partial charge in [0.15, 0.2) is 0 Å². The van der Waals surface area contributed by atoms with E-state index in [2.05, 4.69) is 48.0 Å². The minimum absolute atomic E-state index is 0.152. The molecular formula is C17H17BrClF. The Balaban J connectivity index is 2.48. The summed E-state index contributed by atoms with van der Waals surface area (Å²) in [5.74, 6) is -0.275. The van der Waals surface area contributed by atoms with E-state index in [4.69, 9.17) is 11.6 Å². The summed E-state index contributed by atoms with van der Waals surface area (Å²) in [6.45, 7) is 4.24. The number of halogens is 3. The van der Waals surface area contributed by atoms with Crippen molar-refractivity contribution in [3.8, 4) is 0 Å². The molecule has 1 unspecified atom stereocenters. The van der Waals surface area contributed by atoms with Gasteiger partial charge in [0.1, 0.15) is 5.82 Å². The molecule has 0 fully saturated rings. The maximum Gasteiger partial charge on any atom is 0.129 e. The zero-order valence-electron chi connectivity index (χ0n) is 11.6. The average molecular weight is 356 g/mol. The highest BCUT2D eigenvalue weighted by atomic mass is 79.9. The van der Waals surface area contributed by atoms with Crippen molar-refractivity contribution < 1.29 is 4.39 Å². The molecule has 1 atom stereocenters. The molecule has 0 aliphatic rings. The molecule has 0 nitrogen and oxygen atoms in total. The Hall–Kier alpha value is -0.860. The molecule has 2 rings (SSSR count). The van der Waals surface area contributed by atoms with Crippen LogP contribution in [0.2, 0.25) is 5.02 Å². The number of benzene rings is 2. The molecule has 2 aromatic rings. The molecular weight excluding hydrogens is 339 g/mol. The van der Waals surface area contributed by atoms with Crippen molar-refractivity contribution in [2.45, 2.75) is 31.5 Å². The van der Waals surface area contributed by atoms with Crippen LogP contribution in [-0.4, -0.2) is 0 Å². The molecule has 0 aromatic heterocycles.